The van der Waals surface area contributed by atoms with Crippen LogP contribution in [0, 0.1) is 11.7 Å². The van der Waals surface area contributed by atoms with Gasteiger partial charge in [-0.25, -0.2) is 23.5 Å². The minimum Gasteiger partial charge on any atom is -0.464 e. The van der Waals surface area contributed by atoms with E-state index in [4.69, 9.17) is 4.74 Å². The average Bonchev–Trinajstić information content (AvgIpc) is 3.12. The van der Waals surface area contributed by atoms with Crippen LogP contribution in [0.1, 0.15) is 40.2 Å². The van der Waals surface area contributed by atoms with Gasteiger partial charge in [-0.15, -0.1) is 0 Å². The van der Waals surface area contributed by atoms with Crippen LogP contribution in [0.25, 0.3) is 16.9 Å². The van der Waals surface area contributed by atoms with Crippen LogP contribution in [0.3, 0.4) is 0 Å². The third-order valence-corrected chi connectivity index (χ3v) is 4.90. The molecule has 0 bridgehead atoms. The maximum Gasteiger partial charge on any atom is 0.337 e. The van der Waals surface area contributed by atoms with Crippen molar-refractivity contribution in [3.8, 4) is 5.69 Å². The van der Waals surface area contributed by atoms with Crippen molar-refractivity contribution in [1.29, 1.82) is 0 Å². The summed E-state index contributed by atoms with van der Waals surface area (Å²) in [5.74, 6) is -0.779. The SMILES string of the molecule is CCOC(=O)[C@@H](C)n1cnc2c1c(=O)n(CCC(C)C)c(=O)n2-c1cccc(F)c1. The molecule has 0 radical (unpaired) electrons. The van der Waals surface area contributed by atoms with E-state index in [2.05, 4.69) is 4.98 Å². The van der Waals surface area contributed by atoms with E-state index in [9.17, 15) is 18.8 Å². The van der Waals surface area contributed by atoms with Gasteiger partial charge in [0.25, 0.3) is 5.56 Å². The van der Waals surface area contributed by atoms with Gasteiger partial charge in [0.2, 0.25) is 0 Å². The van der Waals surface area contributed by atoms with Crippen LogP contribution in [-0.2, 0) is 16.1 Å². The molecule has 30 heavy (non-hydrogen) atoms. The van der Waals surface area contributed by atoms with Crippen LogP contribution in [0.5, 0.6) is 0 Å². The number of hydrogen-bond acceptors (Lipinski definition) is 5. The van der Waals surface area contributed by atoms with Crippen molar-refractivity contribution in [3.05, 3.63) is 57.2 Å². The van der Waals surface area contributed by atoms with Gasteiger partial charge in [0.15, 0.2) is 11.2 Å². The lowest BCUT2D eigenvalue weighted by Crippen LogP contribution is -2.40. The van der Waals surface area contributed by atoms with Gasteiger partial charge < -0.3 is 9.30 Å². The first-order valence-corrected chi connectivity index (χ1v) is 9.91. The Hall–Kier alpha value is -3.23. The number of aromatic nitrogens is 4. The van der Waals surface area contributed by atoms with E-state index in [1.54, 1.807) is 19.9 Å². The van der Waals surface area contributed by atoms with Crippen LogP contribution in [0.4, 0.5) is 4.39 Å². The predicted molar refractivity (Wildman–Crippen MR) is 110 cm³/mol. The third-order valence-electron chi connectivity index (χ3n) is 4.90. The average molecular weight is 416 g/mol. The van der Waals surface area contributed by atoms with E-state index in [1.807, 2.05) is 13.8 Å². The number of ether oxygens (including phenoxy) is 1. The van der Waals surface area contributed by atoms with E-state index in [-0.39, 0.29) is 35.9 Å². The quantitative estimate of drug-likeness (QED) is 0.553. The lowest BCUT2D eigenvalue weighted by Gasteiger charge is -2.16. The van der Waals surface area contributed by atoms with Gasteiger partial charge in [-0.2, -0.15) is 0 Å². The summed E-state index contributed by atoms with van der Waals surface area (Å²) in [5.41, 5.74) is -0.752. The van der Waals surface area contributed by atoms with Crippen LogP contribution in [0.15, 0.2) is 40.2 Å². The van der Waals surface area contributed by atoms with Crippen molar-refractivity contribution in [2.45, 2.75) is 46.7 Å². The summed E-state index contributed by atoms with van der Waals surface area (Å²) >= 11 is 0. The molecule has 1 aromatic carbocycles. The molecule has 3 aromatic rings. The van der Waals surface area contributed by atoms with E-state index in [0.717, 1.165) is 4.57 Å². The zero-order valence-corrected chi connectivity index (χ0v) is 17.5. The number of carbonyl (C=O) groups is 1. The lowest BCUT2D eigenvalue weighted by atomic mass is 10.1. The summed E-state index contributed by atoms with van der Waals surface area (Å²) in [7, 11) is 0. The molecule has 0 aliphatic rings. The van der Waals surface area contributed by atoms with Crippen LogP contribution in [0.2, 0.25) is 0 Å². The highest BCUT2D eigenvalue weighted by Gasteiger charge is 2.24. The fourth-order valence-electron chi connectivity index (χ4n) is 3.25. The number of rotatable bonds is 7. The highest BCUT2D eigenvalue weighted by Crippen LogP contribution is 2.18. The molecule has 0 saturated heterocycles. The third kappa shape index (κ3) is 3.92. The number of benzene rings is 1. The second-order valence-corrected chi connectivity index (χ2v) is 7.49. The summed E-state index contributed by atoms with van der Waals surface area (Å²) in [4.78, 5) is 42.9. The minimum absolute atomic E-state index is 0.0625. The second-order valence-electron chi connectivity index (χ2n) is 7.49. The molecule has 9 heteroatoms. The Balaban J connectivity index is 2.33. The number of hydrogen-bond donors (Lipinski definition) is 0. The smallest absolute Gasteiger partial charge is 0.337 e. The fraction of sp³-hybridized carbons (Fsp3) is 0.429. The first kappa shape index (κ1) is 21.5. The van der Waals surface area contributed by atoms with Gasteiger partial charge in [-0.05, 0) is 44.4 Å². The van der Waals surface area contributed by atoms with Crippen LogP contribution >= 0.6 is 0 Å². The van der Waals surface area contributed by atoms with Crippen molar-refractivity contribution >= 4 is 17.1 Å². The molecule has 0 saturated carbocycles. The maximum atomic E-state index is 13.9. The van der Waals surface area contributed by atoms with Crippen molar-refractivity contribution < 1.29 is 13.9 Å². The second kappa shape index (κ2) is 8.64. The predicted octanol–water partition coefficient (Wildman–Crippen LogP) is 2.66. The molecule has 160 valence electrons. The largest absolute Gasteiger partial charge is 0.464 e. The summed E-state index contributed by atoms with van der Waals surface area (Å²) in [6.07, 6.45) is 1.93. The van der Waals surface area contributed by atoms with Crippen molar-refractivity contribution in [3.63, 3.8) is 0 Å². The number of carbonyl (C=O) groups excluding carboxylic acids is 1. The van der Waals surface area contributed by atoms with Crippen molar-refractivity contribution in [2.24, 2.45) is 5.92 Å². The van der Waals surface area contributed by atoms with Crippen molar-refractivity contribution in [2.75, 3.05) is 6.61 Å². The van der Waals surface area contributed by atoms with Gasteiger partial charge in [-0.3, -0.25) is 9.36 Å². The molecule has 2 aromatic heterocycles. The molecular weight excluding hydrogens is 391 g/mol. The normalized spacial score (nSPS) is 12.5. The highest BCUT2D eigenvalue weighted by molar-refractivity contribution is 5.79. The molecule has 3 rings (SSSR count). The number of esters is 1. The van der Waals surface area contributed by atoms with E-state index in [0.29, 0.717) is 6.42 Å². The Labute approximate surface area is 172 Å². The molecule has 2 heterocycles. The lowest BCUT2D eigenvalue weighted by molar-refractivity contribution is -0.146. The topological polar surface area (TPSA) is 88.1 Å². The maximum absolute atomic E-state index is 13.9. The molecule has 0 aliphatic heterocycles. The summed E-state index contributed by atoms with van der Waals surface area (Å²) in [6, 6.07) is 4.69. The highest BCUT2D eigenvalue weighted by atomic mass is 19.1. The molecular formula is C21H25FN4O4. The zero-order chi connectivity index (χ0) is 22.0. The van der Waals surface area contributed by atoms with E-state index < -0.39 is 29.1 Å². The number of fused-ring (bicyclic) bond motifs is 1. The fourth-order valence-corrected chi connectivity index (χ4v) is 3.25. The van der Waals surface area contributed by atoms with E-state index >= 15 is 0 Å². The Bertz CT molecular complexity index is 1190. The van der Waals surface area contributed by atoms with Crippen LogP contribution < -0.4 is 11.2 Å². The van der Waals surface area contributed by atoms with Gasteiger partial charge in [0.1, 0.15) is 11.9 Å². The van der Waals surface area contributed by atoms with Gasteiger partial charge in [0.05, 0.1) is 18.6 Å². The first-order chi connectivity index (χ1) is 14.3. The van der Waals surface area contributed by atoms with Gasteiger partial charge in [-0.1, -0.05) is 19.9 Å². The number of halogens is 1. The minimum atomic E-state index is -0.820. The Morgan fingerprint density at radius 3 is 2.60 bits per heavy atom. The zero-order valence-electron chi connectivity index (χ0n) is 17.5. The number of imidazole rings is 1. The first-order valence-electron chi connectivity index (χ1n) is 9.91. The Morgan fingerprint density at radius 1 is 1.23 bits per heavy atom. The monoisotopic (exact) mass is 416 g/mol. The Kier molecular flexibility index (Phi) is 6.19. The van der Waals surface area contributed by atoms with Gasteiger partial charge in [0, 0.05) is 6.54 Å². The molecule has 0 aliphatic carbocycles. The molecule has 0 fully saturated rings. The summed E-state index contributed by atoms with van der Waals surface area (Å²) < 4.78 is 22.7. The Morgan fingerprint density at radius 2 is 1.97 bits per heavy atom. The molecule has 0 amide bonds. The molecule has 0 spiro atoms. The molecule has 1 atom stereocenters. The standard InChI is InChI=1S/C21H25FN4O4/c1-5-30-20(28)14(4)25-12-23-18-17(25)19(27)24(10-9-13(2)3)21(29)26(18)16-8-6-7-15(22)11-16/h6-8,11-14H,5,9-10H2,1-4H3/t14-/m1/s1. The summed E-state index contributed by atoms with van der Waals surface area (Å²) in [5, 5.41) is 0. The van der Waals surface area contributed by atoms with Crippen LogP contribution in [-0.4, -0.2) is 31.3 Å². The molecule has 0 N–H and O–H groups in total. The van der Waals surface area contributed by atoms with E-state index in [1.165, 1.54) is 33.7 Å². The van der Waals surface area contributed by atoms with Crippen molar-refractivity contribution in [1.82, 2.24) is 18.7 Å². The molecule has 8 nitrogen and oxygen atoms in total. The number of nitrogens with zero attached hydrogens (tertiary/aromatic N) is 4. The summed E-state index contributed by atoms with van der Waals surface area (Å²) in [6.45, 7) is 7.65. The molecule has 0 unspecified atom stereocenters. The van der Waals surface area contributed by atoms with Gasteiger partial charge >= 0.3 is 11.7 Å².